The van der Waals surface area contributed by atoms with Crippen molar-refractivity contribution in [3.8, 4) is 0 Å². The summed E-state index contributed by atoms with van der Waals surface area (Å²) in [6.45, 7) is 1.99. The van der Waals surface area contributed by atoms with Crippen molar-refractivity contribution in [2.75, 3.05) is 0 Å². The molecular formula is C10H20CoO2. The number of aliphatic hydroxyl groups is 2. The molecular weight excluding hydrogens is 211 g/mol. The van der Waals surface area contributed by atoms with E-state index in [9.17, 15) is 10.2 Å². The average Bonchev–Trinajstić information content (AvgIpc) is 2.06. The Bertz CT molecular complexity index is 131. The molecule has 0 saturated heterocycles. The topological polar surface area (TPSA) is 40.5 Å². The summed E-state index contributed by atoms with van der Waals surface area (Å²) in [5.74, 6) is -1.25. The molecule has 0 aromatic rings. The molecule has 1 aliphatic rings. The van der Waals surface area contributed by atoms with E-state index in [2.05, 4.69) is 0 Å². The van der Waals surface area contributed by atoms with Gasteiger partial charge in [-0.15, -0.1) is 0 Å². The maximum absolute atomic E-state index is 9.69. The second kappa shape index (κ2) is 6.01. The standard InChI is InChI=1S/C10H20O2.Co/c1-2-8-10(11,12)9-6-4-3-5-7-9;/h9,11-12H,2-8H2,1H3;. The van der Waals surface area contributed by atoms with Crippen LogP contribution in [0.15, 0.2) is 0 Å². The van der Waals surface area contributed by atoms with Gasteiger partial charge in [-0.25, -0.2) is 0 Å². The first-order valence-electron chi connectivity index (χ1n) is 5.11. The van der Waals surface area contributed by atoms with Gasteiger partial charge in [-0.05, 0) is 12.8 Å². The first-order chi connectivity index (χ1) is 5.67. The zero-order valence-corrected chi connectivity index (χ0v) is 9.30. The molecule has 0 heterocycles. The molecule has 13 heavy (non-hydrogen) atoms. The van der Waals surface area contributed by atoms with Gasteiger partial charge in [0, 0.05) is 29.1 Å². The minimum absolute atomic E-state index is 0. The summed E-state index contributed by atoms with van der Waals surface area (Å²) in [7, 11) is 0. The van der Waals surface area contributed by atoms with E-state index in [1.165, 1.54) is 6.42 Å². The van der Waals surface area contributed by atoms with E-state index >= 15 is 0 Å². The maximum Gasteiger partial charge on any atom is 0.165 e. The quantitative estimate of drug-likeness (QED) is 0.730. The van der Waals surface area contributed by atoms with Gasteiger partial charge in [0.15, 0.2) is 5.79 Å². The van der Waals surface area contributed by atoms with Gasteiger partial charge in [-0.3, -0.25) is 0 Å². The molecule has 1 saturated carbocycles. The van der Waals surface area contributed by atoms with Gasteiger partial charge in [0.2, 0.25) is 0 Å². The van der Waals surface area contributed by atoms with Gasteiger partial charge in [-0.2, -0.15) is 0 Å². The second-order valence-electron chi connectivity index (χ2n) is 3.96. The van der Waals surface area contributed by atoms with Crippen molar-refractivity contribution in [1.29, 1.82) is 0 Å². The Hall–Kier alpha value is 0.426. The maximum atomic E-state index is 9.69. The zero-order valence-electron chi connectivity index (χ0n) is 8.25. The van der Waals surface area contributed by atoms with Gasteiger partial charge >= 0.3 is 0 Å². The minimum atomic E-state index is -1.38. The van der Waals surface area contributed by atoms with E-state index in [1.807, 2.05) is 6.92 Å². The molecule has 0 unspecified atom stereocenters. The average molecular weight is 231 g/mol. The summed E-state index contributed by atoms with van der Waals surface area (Å²) in [5, 5.41) is 19.4. The van der Waals surface area contributed by atoms with Crippen LogP contribution in [0.1, 0.15) is 51.9 Å². The first kappa shape index (κ1) is 13.4. The van der Waals surface area contributed by atoms with E-state index in [1.54, 1.807) is 0 Å². The molecule has 3 heteroatoms. The number of rotatable bonds is 3. The second-order valence-corrected chi connectivity index (χ2v) is 3.96. The predicted molar refractivity (Wildman–Crippen MR) is 48.7 cm³/mol. The minimum Gasteiger partial charge on any atom is -0.365 e. The summed E-state index contributed by atoms with van der Waals surface area (Å²) in [6, 6.07) is 0. The van der Waals surface area contributed by atoms with Crippen molar-refractivity contribution >= 4 is 0 Å². The number of hydrogen-bond acceptors (Lipinski definition) is 2. The molecule has 0 bridgehead atoms. The van der Waals surface area contributed by atoms with Gasteiger partial charge in [0.25, 0.3) is 0 Å². The first-order valence-corrected chi connectivity index (χ1v) is 5.11. The van der Waals surface area contributed by atoms with Crippen molar-refractivity contribution in [3.63, 3.8) is 0 Å². The third kappa shape index (κ3) is 3.98. The molecule has 81 valence electrons. The van der Waals surface area contributed by atoms with E-state index < -0.39 is 5.79 Å². The third-order valence-corrected chi connectivity index (χ3v) is 2.88. The summed E-state index contributed by atoms with van der Waals surface area (Å²) < 4.78 is 0. The van der Waals surface area contributed by atoms with E-state index in [0.29, 0.717) is 6.42 Å². The van der Waals surface area contributed by atoms with Crippen molar-refractivity contribution < 1.29 is 27.0 Å². The SMILES string of the molecule is CCCC(O)(O)C1CCCCC1.[Co]. The normalized spacial score (nSPS) is 19.6. The molecule has 0 amide bonds. The van der Waals surface area contributed by atoms with Gasteiger partial charge < -0.3 is 10.2 Å². The molecule has 0 aliphatic heterocycles. The molecule has 1 rings (SSSR count). The van der Waals surface area contributed by atoms with Crippen LogP contribution in [0.5, 0.6) is 0 Å². The van der Waals surface area contributed by atoms with Crippen LogP contribution in [0.25, 0.3) is 0 Å². The fourth-order valence-corrected chi connectivity index (χ4v) is 2.14. The summed E-state index contributed by atoms with van der Waals surface area (Å²) >= 11 is 0. The summed E-state index contributed by atoms with van der Waals surface area (Å²) in [4.78, 5) is 0. The van der Waals surface area contributed by atoms with E-state index in [0.717, 1.165) is 32.1 Å². The Balaban J connectivity index is 0.00000144. The molecule has 1 aliphatic carbocycles. The van der Waals surface area contributed by atoms with Crippen molar-refractivity contribution in [2.24, 2.45) is 5.92 Å². The van der Waals surface area contributed by atoms with Crippen molar-refractivity contribution in [1.82, 2.24) is 0 Å². The molecule has 2 N–H and O–H groups in total. The molecule has 0 aromatic heterocycles. The van der Waals surface area contributed by atoms with Gasteiger partial charge in [0.05, 0.1) is 0 Å². The third-order valence-electron chi connectivity index (χ3n) is 2.88. The van der Waals surface area contributed by atoms with E-state index in [4.69, 9.17) is 0 Å². The molecule has 0 atom stereocenters. The summed E-state index contributed by atoms with van der Waals surface area (Å²) in [6.07, 6.45) is 6.95. The van der Waals surface area contributed by atoms with Crippen molar-refractivity contribution in [2.45, 2.75) is 57.7 Å². The van der Waals surface area contributed by atoms with Crippen LogP contribution in [0, 0.1) is 5.92 Å². The fraction of sp³-hybridized carbons (Fsp3) is 1.00. The molecule has 2 nitrogen and oxygen atoms in total. The van der Waals surface area contributed by atoms with Crippen LogP contribution in [-0.2, 0) is 16.8 Å². The summed E-state index contributed by atoms with van der Waals surface area (Å²) in [5.41, 5.74) is 0. The fourth-order valence-electron chi connectivity index (χ4n) is 2.14. The Morgan fingerprint density at radius 1 is 1.15 bits per heavy atom. The zero-order chi connectivity index (χ0) is 9.03. The molecule has 1 fully saturated rings. The predicted octanol–water partition coefficient (Wildman–Crippen LogP) is 2.05. The Labute approximate surface area is 90.9 Å². The Morgan fingerprint density at radius 3 is 2.15 bits per heavy atom. The molecule has 1 radical (unpaired) electrons. The van der Waals surface area contributed by atoms with Crippen LogP contribution in [0.3, 0.4) is 0 Å². The Morgan fingerprint density at radius 2 is 1.69 bits per heavy atom. The largest absolute Gasteiger partial charge is 0.365 e. The van der Waals surface area contributed by atoms with Crippen LogP contribution in [-0.4, -0.2) is 16.0 Å². The molecule has 0 aromatic carbocycles. The van der Waals surface area contributed by atoms with Crippen LogP contribution in [0.2, 0.25) is 0 Å². The smallest absolute Gasteiger partial charge is 0.165 e. The van der Waals surface area contributed by atoms with Crippen LogP contribution in [0.4, 0.5) is 0 Å². The molecule has 0 spiro atoms. The van der Waals surface area contributed by atoms with E-state index in [-0.39, 0.29) is 22.7 Å². The van der Waals surface area contributed by atoms with Crippen LogP contribution >= 0.6 is 0 Å². The van der Waals surface area contributed by atoms with Crippen molar-refractivity contribution in [3.05, 3.63) is 0 Å². The van der Waals surface area contributed by atoms with Gasteiger partial charge in [-0.1, -0.05) is 32.6 Å². The van der Waals surface area contributed by atoms with Gasteiger partial charge in [0.1, 0.15) is 0 Å². The van der Waals surface area contributed by atoms with Crippen LogP contribution < -0.4 is 0 Å². The monoisotopic (exact) mass is 231 g/mol. The Kier molecular flexibility index (Phi) is 6.21. The number of hydrogen-bond donors (Lipinski definition) is 2.